The van der Waals surface area contributed by atoms with E-state index in [1.807, 2.05) is 36.4 Å². The molecular formula is C24H22N2O3. The monoisotopic (exact) mass is 386 g/mol. The summed E-state index contributed by atoms with van der Waals surface area (Å²) in [5.74, 6) is -2.15. The van der Waals surface area contributed by atoms with Crippen molar-refractivity contribution in [2.75, 3.05) is 16.8 Å². The first-order valence-corrected chi connectivity index (χ1v) is 9.33. The number of carbonyl (C=O) groups is 3. The second-order valence-corrected chi connectivity index (χ2v) is 6.55. The number of imide groups is 1. The Kier molecular flexibility index (Phi) is 6.53. The van der Waals surface area contributed by atoms with E-state index in [-0.39, 0.29) is 0 Å². The Balaban J connectivity index is 2.02. The van der Waals surface area contributed by atoms with Crippen LogP contribution in [-0.4, -0.2) is 25.3 Å². The fourth-order valence-electron chi connectivity index (χ4n) is 3.12. The number of para-hydroxylation sites is 2. The van der Waals surface area contributed by atoms with Gasteiger partial charge in [-0.05, 0) is 36.3 Å². The molecule has 1 unspecified atom stereocenters. The Morgan fingerprint density at radius 2 is 1.52 bits per heavy atom. The summed E-state index contributed by atoms with van der Waals surface area (Å²) in [4.78, 5) is 41.1. The number of anilines is 2. The van der Waals surface area contributed by atoms with Gasteiger partial charge in [-0.3, -0.25) is 19.3 Å². The molecule has 0 fully saturated rings. The van der Waals surface area contributed by atoms with Crippen LogP contribution in [0, 0.1) is 5.92 Å². The third kappa shape index (κ3) is 4.58. The molecule has 3 amide bonds. The Labute approximate surface area is 170 Å². The number of benzene rings is 2. The number of nitrogens with zero attached hydrogens (tertiary/aromatic N) is 2. The van der Waals surface area contributed by atoms with Gasteiger partial charge in [0, 0.05) is 12.7 Å². The van der Waals surface area contributed by atoms with E-state index >= 15 is 0 Å². The third-order valence-corrected chi connectivity index (χ3v) is 4.69. The highest BCUT2D eigenvalue weighted by molar-refractivity contribution is 6.19. The molecule has 1 aliphatic carbocycles. The minimum absolute atomic E-state index is 0.407. The first-order chi connectivity index (χ1) is 14.1. The van der Waals surface area contributed by atoms with Crippen molar-refractivity contribution < 1.29 is 14.4 Å². The summed E-state index contributed by atoms with van der Waals surface area (Å²) in [5.41, 5.74) is 1.63. The molecule has 0 saturated carbocycles. The largest absolute Gasteiger partial charge is 0.315 e. The topological polar surface area (TPSA) is 57.7 Å². The number of amides is 3. The molecule has 0 N–H and O–H groups in total. The van der Waals surface area contributed by atoms with Gasteiger partial charge < -0.3 is 4.90 Å². The Morgan fingerprint density at radius 3 is 2.14 bits per heavy atom. The fourth-order valence-corrected chi connectivity index (χ4v) is 3.12. The van der Waals surface area contributed by atoms with Crippen molar-refractivity contribution in [3.8, 4) is 0 Å². The lowest BCUT2D eigenvalue weighted by Crippen LogP contribution is -2.45. The second kappa shape index (κ2) is 9.46. The van der Waals surface area contributed by atoms with Crippen LogP contribution in [-0.2, 0) is 14.4 Å². The zero-order chi connectivity index (χ0) is 20.6. The number of rotatable bonds is 6. The maximum Gasteiger partial charge on any atom is 0.250 e. The molecule has 0 aliphatic heterocycles. The fraction of sp³-hybridized carbons (Fsp3) is 0.125. The van der Waals surface area contributed by atoms with Crippen LogP contribution in [0.15, 0.2) is 96.6 Å². The van der Waals surface area contributed by atoms with Gasteiger partial charge in [-0.1, -0.05) is 66.8 Å². The van der Waals surface area contributed by atoms with E-state index in [2.05, 4.69) is 0 Å². The predicted molar refractivity (Wildman–Crippen MR) is 114 cm³/mol. The molecular weight excluding hydrogens is 364 g/mol. The maximum atomic E-state index is 13.4. The van der Waals surface area contributed by atoms with Crippen LogP contribution in [0.4, 0.5) is 11.4 Å². The van der Waals surface area contributed by atoms with Crippen LogP contribution in [0.2, 0.25) is 0 Å². The summed E-state index contributed by atoms with van der Waals surface area (Å²) in [6.07, 6.45) is 10.3. The highest BCUT2D eigenvalue weighted by Crippen LogP contribution is 2.25. The summed E-state index contributed by atoms with van der Waals surface area (Å²) in [6.45, 7) is 0. The summed E-state index contributed by atoms with van der Waals surface area (Å²) in [7, 11) is 1.63. The minimum atomic E-state index is -1.15. The molecule has 5 nitrogen and oxygen atoms in total. The van der Waals surface area contributed by atoms with Gasteiger partial charge in [0.2, 0.25) is 12.3 Å². The average Bonchev–Trinajstić information content (AvgIpc) is 3.04. The molecule has 0 saturated heterocycles. The van der Waals surface area contributed by atoms with Gasteiger partial charge in [0.1, 0.15) is 5.92 Å². The lowest BCUT2D eigenvalue weighted by molar-refractivity contribution is -0.131. The standard InChI is InChI=1S/C24H22N2O3/c1-25(20-14-8-4-9-15-20)23(28)22(19-12-6-2-3-7-13-19)24(29)26(18-27)21-16-10-5-11-17-21/h2,4-18,22H,3H2,1H3. The maximum absolute atomic E-state index is 13.4. The molecule has 29 heavy (non-hydrogen) atoms. The molecule has 1 aliphatic rings. The molecule has 146 valence electrons. The van der Waals surface area contributed by atoms with Gasteiger partial charge in [0.05, 0.1) is 5.69 Å². The van der Waals surface area contributed by atoms with Crippen molar-refractivity contribution in [2.45, 2.75) is 6.42 Å². The van der Waals surface area contributed by atoms with Crippen LogP contribution in [0.25, 0.3) is 0 Å². The van der Waals surface area contributed by atoms with Gasteiger partial charge in [-0.15, -0.1) is 0 Å². The number of carbonyl (C=O) groups excluding carboxylic acids is 3. The van der Waals surface area contributed by atoms with Crippen molar-refractivity contribution in [1.29, 1.82) is 0 Å². The van der Waals surface area contributed by atoms with Gasteiger partial charge >= 0.3 is 0 Å². The molecule has 5 heteroatoms. The SMILES string of the molecule is CN(C(=O)C(C(=O)N(C=O)c1ccccc1)C1=CC=CCC=C1)c1ccccc1. The molecule has 0 aromatic heterocycles. The quantitative estimate of drug-likeness (QED) is 0.559. The zero-order valence-electron chi connectivity index (χ0n) is 16.1. The van der Waals surface area contributed by atoms with Crippen LogP contribution in [0.3, 0.4) is 0 Å². The second-order valence-electron chi connectivity index (χ2n) is 6.55. The van der Waals surface area contributed by atoms with E-state index in [1.54, 1.807) is 61.7 Å². The molecule has 1 atom stereocenters. The number of hydrogen-bond donors (Lipinski definition) is 0. The normalized spacial score (nSPS) is 13.8. The molecule has 0 radical (unpaired) electrons. The molecule has 0 heterocycles. The van der Waals surface area contributed by atoms with Gasteiger partial charge in [0.25, 0.3) is 5.91 Å². The van der Waals surface area contributed by atoms with Crippen molar-refractivity contribution in [3.05, 3.63) is 96.6 Å². The summed E-state index contributed by atoms with van der Waals surface area (Å²) in [5, 5.41) is 0. The molecule has 2 aromatic carbocycles. The lowest BCUT2D eigenvalue weighted by Gasteiger charge is -2.27. The average molecular weight is 386 g/mol. The predicted octanol–water partition coefficient (Wildman–Crippen LogP) is 3.90. The van der Waals surface area contributed by atoms with Gasteiger partial charge in [-0.2, -0.15) is 0 Å². The van der Waals surface area contributed by atoms with E-state index in [9.17, 15) is 14.4 Å². The van der Waals surface area contributed by atoms with E-state index < -0.39 is 17.7 Å². The third-order valence-electron chi connectivity index (χ3n) is 4.69. The highest BCUT2D eigenvalue weighted by atomic mass is 16.2. The zero-order valence-corrected chi connectivity index (χ0v) is 16.1. The smallest absolute Gasteiger partial charge is 0.250 e. The summed E-state index contributed by atoms with van der Waals surface area (Å²) >= 11 is 0. The Morgan fingerprint density at radius 1 is 0.897 bits per heavy atom. The summed E-state index contributed by atoms with van der Waals surface area (Å²) in [6, 6.07) is 17.7. The summed E-state index contributed by atoms with van der Waals surface area (Å²) < 4.78 is 0. The molecule has 0 spiro atoms. The van der Waals surface area contributed by atoms with E-state index in [0.29, 0.717) is 29.8 Å². The van der Waals surface area contributed by atoms with E-state index in [4.69, 9.17) is 0 Å². The minimum Gasteiger partial charge on any atom is -0.315 e. The molecule has 3 rings (SSSR count). The van der Waals surface area contributed by atoms with Crippen molar-refractivity contribution in [2.24, 2.45) is 5.92 Å². The first kappa shape index (κ1) is 20.0. The number of hydrogen-bond acceptors (Lipinski definition) is 3. The molecule has 0 bridgehead atoms. The van der Waals surface area contributed by atoms with Crippen LogP contribution in [0.5, 0.6) is 0 Å². The van der Waals surface area contributed by atoms with E-state index in [0.717, 1.165) is 4.90 Å². The lowest BCUT2D eigenvalue weighted by atomic mass is 9.94. The highest BCUT2D eigenvalue weighted by Gasteiger charge is 2.36. The Bertz CT molecular complexity index is 962. The van der Waals surface area contributed by atoms with Crippen molar-refractivity contribution >= 4 is 29.6 Å². The van der Waals surface area contributed by atoms with Crippen molar-refractivity contribution in [1.82, 2.24) is 0 Å². The molecule has 2 aromatic rings. The van der Waals surface area contributed by atoms with Crippen LogP contribution < -0.4 is 9.80 Å². The van der Waals surface area contributed by atoms with Crippen LogP contribution >= 0.6 is 0 Å². The Hall–Kier alpha value is -3.73. The van der Waals surface area contributed by atoms with Crippen LogP contribution in [0.1, 0.15) is 6.42 Å². The van der Waals surface area contributed by atoms with Gasteiger partial charge in [-0.25, -0.2) is 0 Å². The van der Waals surface area contributed by atoms with Gasteiger partial charge in [0.15, 0.2) is 0 Å². The van der Waals surface area contributed by atoms with Crippen molar-refractivity contribution in [3.63, 3.8) is 0 Å². The van der Waals surface area contributed by atoms with E-state index in [1.165, 1.54) is 4.90 Å². The number of allylic oxidation sites excluding steroid dienone is 5. The first-order valence-electron chi connectivity index (χ1n) is 9.33.